The Balaban J connectivity index is 2.01. The number of hydrogen-bond acceptors (Lipinski definition) is 3. The van der Waals surface area contributed by atoms with E-state index >= 15 is 0 Å². The van der Waals surface area contributed by atoms with Crippen LogP contribution in [-0.4, -0.2) is 26.1 Å². The molecule has 1 aliphatic rings. The molecule has 1 N–H and O–H groups in total. The highest BCUT2D eigenvalue weighted by molar-refractivity contribution is 6.36. The fourth-order valence-corrected chi connectivity index (χ4v) is 3.74. The van der Waals surface area contributed by atoms with Gasteiger partial charge in [0.1, 0.15) is 5.75 Å². The fraction of sp³-hybridized carbons (Fsp3) is 0.316. The summed E-state index contributed by atoms with van der Waals surface area (Å²) in [5, 5.41) is 2.90. The Labute approximate surface area is 170 Å². The lowest BCUT2D eigenvalue weighted by Gasteiger charge is -2.23. The summed E-state index contributed by atoms with van der Waals surface area (Å²) < 4.78 is 44.7. The largest absolute Gasteiger partial charge is 0.494 e. The van der Waals surface area contributed by atoms with Gasteiger partial charge in [-0.15, -0.1) is 0 Å². The van der Waals surface area contributed by atoms with Crippen molar-refractivity contribution in [2.45, 2.75) is 19.0 Å². The second-order valence-electron chi connectivity index (χ2n) is 6.35. The van der Waals surface area contributed by atoms with Gasteiger partial charge in [-0.2, -0.15) is 13.2 Å². The summed E-state index contributed by atoms with van der Waals surface area (Å²) >= 11 is 12.0. The molecule has 0 aromatic heterocycles. The smallest absolute Gasteiger partial charge is 0.416 e. The summed E-state index contributed by atoms with van der Waals surface area (Å²) in [5.74, 6) is -0.570. The van der Waals surface area contributed by atoms with Gasteiger partial charge in [0.15, 0.2) is 0 Å². The highest BCUT2D eigenvalue weighted by Crippen LogP contribution is 2.38. The third-order valence-electron chi connectivity index (χ3n) is 4.48. The molecule has 3 rings (SSSR count). The molecule has 0 saturated carbocycles. The minimum absolute atomic E-state index is 0.0322. The molecule has 28 heavy (non-hydrogen) atoms. The number of alkyl halides is 3. The van der Waals surface area contributed by atoms with Crippen LogP contribution in [0.2, 0.25) is 10.0 Å². The van der Waals surface area contributed by atoms with E-state index in [2.05, 4.69) is 5.32 Å². The standard InChI is InChI=1S/C19H17Cl2F3N2O2/c1-28-17-13(9-12(20)10-14(17)21)18(27)25-15-8-11(19(22,23)24)4-5-16(15)26-6-2-3-7-26/h4-5,8-10H,2-3,6-7H2,1H3,(H,25,27). The maximum Gasteiger partial charge on any atom is 0.416 e. The molecular weight excluding hydrogens is 416 g/mol. The molecule has 2 aromatic carbocycles. The zero-order valence-corrected chi connectivity index (χ0v) is 16.4. The molecular formula is C19H17Cl2F3N2O2. The zero-order chi connectivity index (χ0) is 20.5. The van der Waals surface area contributed by atoms with Crippen LogP contribution in [0, 0.1) is 0 Å². The lowest BCUT2D eigenvalue weighted by atomic mass is 10.1. The molecule has 1 amide bonds. The molecule has 1 heterocycles. The molecule has 2 aromatic rings. The van der Waals surface area contributed by atoms with Crippen LogP contribution in [0.3, 0.4) is 0 Å². The van der Waals surface area contributed by atoms with Crippen LogP contribution >= 0.6 is 23.2 Å². The van der Waals surface area contributed by atoms with Crippen LogP contribution < -0.4 is 15.0 Å². The van der Waals surface area contributed by atoms with Crippen molar-refractivity contribution < 1.29 is 22.7 Å². The number of nitrogens with one attached hydrogen (secondary N) is 1. The summed E-state index contributed by atoms with van der Waals surface area (Å²) in [4.78, 5) is 14.8. The molecule has 1 saturated heterocycles. The topological polar surface area (TPSA) is 41.6 Å². The second-order valence-corrected chi connectivity index (χ2v) is 7.19. The van der Waals surface area contributed by atoms with Gasteiger partial charge in [-0.05, 0) is 43.2 Å². The number of benzene rings is 2. The minimum Gasteiger partial charge on any atom is -0.494 e. The van der Waals surface area contributed by atoms with Crippen LogP contribution in [0.5, 0.6) is 5.75 Å². The van der Waals surface area contributed by atoms with E-state index in [1.165, 1.54) is 25.3 Å². The summed E-state index contributed by atoms with van der Waals surface area (Å²) in [7, 11) is 1.34. The highest BCUT2D eigenvalue weighted by atomic mass is 35.5. The first-order chi connectivity index (χ1) is 13.2. The molecule has 0 aliphatic carbocycles. The SMILES string of the molecule is COc1c(Cl)cc(Cl)cc1C(=O)Nc1cc(C(F)(F)F)ccc1N1CCCC1. The molecule has 1 fully saturated rings. The van der Waals surface area contributed by atoms with Crippen LogP contribution in [-0.2, 0) is 6.18 Å². The Morgan fingerprint density at radius 1 is 1.14 bits per heavy atom. The molecule has 0 unspecified atom stereocenters. The van der Waals surface area contributed by atoms with Crippen molar-refractivity contribution in [1.82, 2.24) is 0 Å². The van der Waals surface area contributed by atoms with Gasteiger partial charge in [-0.25, -0.2) is 0 Å². The molecule has 0 radical (unpaired) electrons. The van der Waals surface area contributed by atoms with Crippen molar-refractivity contribution in [2.75, 3.05) is 30.4 Å². The summed E-state index contributed by atoms with van der Waals surface area (Å²) in [6, 6.07) is 6.10. The molecule has 0 atom stereocenters. The van der Waals surface area contributed by atoms with Crippen LogP contribution in [0.1, 0.15) is 28.8 Å². The molecule has 1 aliphatic heterocycles. The van der Waals surface area contributed by atoms with Crippen LogP contribution in [0.25, 0.3) is 0 Å². The van der Waals surface area contributed by atoms with Gasteiger partial charge in [0.2, 0.25) is 0 Å². The molecule has 150 valence electrons. The normalized spacial score (nSPS) is 14.3. The maximum atomic E-state index is 13.2. The van der Waals surface area contributed by atoms with E-state index in [1.807, 2.05) is 4.90 Å². The molecule has 4 nitrogen and oxygen atoms in total. The van der Waals surface area contributed by atoms with E-state index in [9.17, 15) is 18.0 Å². The number of carbonyl (C=O) groups is 1. The monoisotopic (exact) mass is 432 g/mol. The minimum atomic E-state index is -4.53. The number of rotatable bonds is 4. The van der Waals surface area contributed by atoms with E-state index in [0.717, 1.165) is 25.0 Å². The fourth-order valence-electron chi connectivity index (χ4n) is 3.17. The van der Waals surface area contributed by atoms with Gasteiger partial charge in [-0.3, -0.25) is 4.79 Å². The lowest BCUT2D eigenvalue weighted by molar-refractivity contribution is -0.137. The number of methoxy groups -OCH3 is 1. The predicted octanol–water partition coefficient (Wildman–Crippen LogP) is 5.87. The third kappa shape index (κ3) is 4.31. The zero-order valence-electron chi connectivity index (χ0n) is 14.9. The van der Waals surface area contributed by atoms with E-state index in [0.29, 0.717) is 18.8 Å². The Morgan fingerprint density at radius 2 is 1.82 bits per heavy atom. The Bertz CT molecular complexity index is 897. The Hall–Kier alpha value is -2.12. The number of nitrogens with zero attached hydrogens (tertiary/aromatic N) is 1. The number of anilines is 2. The number of amides is 1. The number of hydrogen-bond donors (Lipinski definition) is 1. The number of ether oxygens (including phenoxy) is 1. The number of carbonyl (C=O) groups excluding carboxylic acids is 1. The molecule has 0 bridgehead atoms. The van der Waals surface area contributed by atoms with Gasteiger partial charge in [0.25, 0.3) is 5.91 Å². The number of halogens is 5. The van der Waals surface area contributed by atoms with Gasteiger partial charge in [0.05, 0.1) is 34.6 Å². The second kappa shape index (κ2) is 8.09. The van der Waals surface area contributed by atoms with Crippen molar-refractivity contribution in [3.05, 3.63) is 51.5 Å². The van der Waals surface area contributed by atoms with Crippen molar-refractivity contribution >= 4 is 40.5 Å². The molecule has 0 spiro atoms. The first-order valence-corrected chi connectivity index (χ1v) is 9.27. The van der Waals surface area contributed by atoms with Gasteiger partial charge in [-0.1, -0.05) is 23.2 Å². The highest BCUT2D eigenvalue weighted by Gasteiger charge is 2.32. The third-order valence-corrected chi connectivity index (χ3v) is 4.97. The average molecular weight is 433 g/mol. The quantitative estimate of drug-likeness (QED) is 0.656. The summed E-state index contributed by atoms with van der Waals surface area (Å²) in [6.07, 6.45) is -2.65. The van der Waals surface area contributed by atoms with Crippen molar-refractivity contribution in [3.8, 4) is 5.75 Å². The van der Waals surface area contributed by atoms with Crippen molar-refractivity contribution in [2.24, 2.45) is 0 Å². The van der Waals surface area contributed by atoms with E-state index in [-0.39, 0.29) is 27.0 Å². The summed E-state index contributed by atoms with van der Waals surface area (Å²) in [5.41, 5.74) is -0.211. The van der Waals surface area contributed by atoms with Crippen molar-refractivity contribution in [3.63, 3.8) is 0 Å². The Morgan fingerprint density at radius 3 is 2.43 bits per heavy atom. The van der Waals surface area contributed by atoms with E-state index in [4.69, 9.17) is 27.9 Å². The van der Waals surface area contributed by atoms with Crippen LogP contribution in [0.15, 0.2) is 30.3 Å². The molecule has 9 heteroatoms. The lowest BCUT2D eigenvalue weighted by Crippen LogP contribution is -2.22. The van der Waals surface area contributed by atoms with Gasteiger partial charge >= 0.3 is 6.18 Å². The predicted molar refractivity (Wildman–Crippen MR) is 104 cm³/mol. The first-order valence-electron chi connectivity index (χ1n) is 8.51. The van der Waals surface area contributed by atoms with Crippen LogP contribution in [0.4, 0.5) is 24.5 Å². The average Bonchev–Trinajstić information content (AvgIpc) is 3.14. The van der Waals surface area contributed by atoms with Gasteiger partial charge in [0, 0.05) is 18.1 Å². The Kier molecular flexibility index (Phi) is 5.95. The van der Waals surface area contributed by atoms with Gasteiger partial charge < -0.3 is 15.0 Å². The summed E-state index contributed by atoms with van der Waals surface area (Å²) in [6.45, 7) is 1.42. The van der Waals surface area contributed by atoms with Crippen molar-refractivity contribution in [1.29, 1.82) is 0 Å². The van der Waals surface area contributed by atoms with E-state index < -0.39 is 17.6 Å². The maximum absolute atomic E-state index is 13.2. The van der Waals surface area contributed by atoms with E-state index in [1.54, 1.807) is 0 Å². The first kappa shape index (κ1) is 20.6.